The summed E-state index contributed by atoms with van der Waals surface area (Å²) in [5.74, 6) is -0.504. The molecule has 3 unspecified atom stereocenters. The number of carbonyl (C=O) groups excluding carboxylic acids is 1. The van der Waals surface area contributed by atoms with Crippen LogP contribution in [-0.2, 0) is 4.79 Å². The molecule has 0 saturated heterocycles. The van der Waals surface area contributed by atoms with Gasteiger partial charge in [-0.3, -0.25) is 4.79 Å². The van der Waals surface area contributed by atoms with Crippen LogP contribution in [0.5, 0.6) is 0 Å². The molecule has 0 aliphatic heterocycles. The highest BCUT2D eigenvalue weighted by Crippen LogP contribution is 2.15. The number of rotatable bonds is 35. The van der Waals surface area contributed by atoms with Crippen LogP contribution in [-0.4, -0.2) is 46.1 Å². The van der Waals surface area contributed by atoms with Gasteiger partial charge in [-0.05, 0) is 19.3 Å². The Labute approximate surface area is 274 Å². The highest BCUT2D eigenvalue weighted by molar-refractivity contribution is 5.80. The molecule has 3 atom stereocenters. The van der Waals surface area contributed by atoms with Crippen molar-refractivity contribution in [2.45, 2.75) is 225 Å². The number of nitrogens with one attached hydrogen (secondary N) is 1. The second-order valence-electron chi connectivity index (χ2n) is 13.5. The summed E-state index contributed by atoms with van der Waals surface area (Å²) in [7, 11) is 0. The minimum Gasteiger partial charge on any atom is -0.394 e. The Morgan fingerprint density at radius 2 is 0.886 bits per heavy atom. The Morgan fingerprint density at radius 1 is 0.545 bits per heavy atom. The average Bonchev–Trinajstić information content (AvgIpc) is 3.03. The zero-order valence-electron chi connectivity index (χ0n) is 29.6. The van der Waals surface area contributed by atoms with E-state index in [2.05, 4.69) is 19.2 Å². The summed E-state index contributed by atoms with van der Waals surface area (Å²) < 4.78 is 0. The Morgan fingerprint density at radius 3 is 1.25 bits per heavy atom. The fraction of sp³-hybridized carbons (Fsp3) is 0.923. The summed E-state index contributed by atoms with van der Waals surface area (Å²) in [6.07, 6.45) is 39.5. The summed E-state index contributed by atoms with van der Waals surface area (Å²) in [5.41, 5.74) is 0. The van der Waals surface area contributed by atoms with Gasteiger partial charge in [-0.2, -0.15) is 0 Å². The van der Waals surface area contributed by atoms with Crippen molar-refractivity contribution >= 4 is 5.91 Å². The monoisotopic (exact) mass is 624 g/mol. The van der Waals surface area contributed by atoms with Gasteiger partial charge in [0.05, 0.1) is 18.8 Å². The molecular formula is C39H77NO4. The average molecular weight is 624 g/mol. The molecule has 0 fully saturated rings. The first-order valence-corrected chi connectivity index (χ1v) is 19.5. The van der Waals surface area contributed by atoms with Gasteiger partial charge in [0.25, 0.3) is 0 Å². The third kappa shape index (κ3) is 29.8. The number of allylic oxidation sites excluding steroid dienone is 1. The number of aliphatic hydroxyl groups is 3. The summed E-state index contributed by atoms with van der Waals surface area (Å²) >= 11 is 0. The SMILES string of the molecule is CCCCCCCCCCCCCCCCCCCC/C=C/C(O)C(CO)NC(=O)C(O)CCCCCCCCCCCC. The van der Waals surface area contributed by atoms with Crippen molar-refractivity contribution in [1.82, 2.24) is 5.32 Å². The summed E-state index contributed by atoms with van der Waals surface area (Å²) in [5, 5.41) is 32.9. The molecular weight excluding hydrogens is 546 g/mol. The van der Waals surface area contributed by atoms with Crippen LogP contribution >= 0.6 is 0 Å². The van der Waals surface area contributed by atoms with Crippen LogP contribution in [0.1, 0.15) is 206 Å². The normalized spacial score (nSPS) is 13.8. The minimum absolute atomic E-state index is 0.360. The molecule has 5 heteroatoms. The number of amides is 1. The second-order valence-corrected chi connectivity index (χ2v) is 13.5. The van der Waals surface area contributed by atoms with Crippen LogP contribution in [0.2, 0.25) is 0 Å². The molecule has 1 amide bonds. The quantitative estimate of drug-likeness (QED) is 0.0418. The van der Waals surface area contributed by atoms with E-state index in [1.165, 1.54) is 154 Å². The van der Waals surface area contributed by atoms with E-state index in [4.69, 9.17) is 0 Å². The Bertz CT molecular complexity index is 611. The lowest BCUT2D eigenvalue weighted by Gasteiger charge is -2.21. The lowest BCUT2D eigenvalue weighted by atomic mass is 10.0. The van der Waals surface area contributed by atoms with Crippen molar-refractivity contribution in [3.8, 4) is 0 Å². The van der Waals surface area contributed by atoms with Gasteiger partial charge in [-0.1, -0.05) is 199 Å². The molecule has 0 bridgehead atoms. The van der Waals surface area contributed by atoms with E-state index in [0.29, 0.717) is 6.42 Å². The van der Waals surface area contributed by atoms with Gasteiger partial charge in [-0.25, -0.2) is 0 Å². The zero-order valence-corrected chi connectivity index (χ0v) is 29.6. The lowest BCUT2D eigenvalue weighted by molar-refractivity contribution is -0.131. The Balaban J connectivity index is 3.66. The first kappa shape index (κ1) is 43.1. The van der Waals surface area contributed by atoms with E-state index in [1.54, 1.807) is 6.08 Å². The predicted octanol–water partition coefficient (Wildman–Crippen LogP) is 10.5. The standard InChI is InChI=1S/C39H77NO4/c1-3-5-7-9-11-13-15-16-17-18-19-20-21-22-23-24-26-27-29-31-33-37(42)36(35-41)40-39(44)38(43)34-32-30-28-25-14-12-10-8-6-4-2/h31,33,36-38,41-43H,3-30,32,34-35H2,1-2H3,(H,40,44)/b33-31+. The van der Waals surface area contributed by atoms with Gasteiger partial charge in [0, 0.05) is 0 Å². The molecule has 0 aliphatic carbocycles. The molecule has 262 valence electrons. The molecule has 4 N–H and O–H groups in total. The van der Waals surface area contributed by atoms with Crippen molar-refractivity contribution in [2.24, 2.45) is 0 Å². The maximum absolute atomic E-state index is 12.4. The maximum atomic E-state index is 12.4. The minimum atomic E-state index is -1.09. The van der Waals surface area contributed by atoms with Crippen molar-refractivity contribution in [3.63, 3.8) is 0 Å². The second kappa shape index (κ2) is 35.0. The molecule has 0 aromatic carbocycles. The van der Waals surface area contributed by atoms with Crippen LogP contribution in [0, 0.1) is 0 Å². The van der Waals surface area contributed by atoms with Crippen molar-refractivity contribution in [3.05, 3.63) is 12.2 Å². The van der Waals surface area contributed by atoms with Gasteiger partial charge < -0.3 is 20.6 Å². The van der Waals surface area contributed by atoms with Gasteiger partial charge >= 0.3 is 0 Å². The van der Waals surface area contributed by atoms with E-state index >= 15 is 0 Å². The molecule has 0 spiro atoms. The molecule has 0 radical (unpaired) electrons. The van der Waals surface area contributed by atoms with Crippen molar-refractivity contribution in [2.75, 3.05) is 6.61 Å². The van der Waals surface area contributed by atoms with E-state index in [1.807, 2.05) is 6.08 Å². The van der Waals surface area contributed by atoms with Crippen LogP contribution in [0.4, 0.5) is 0 Å². The summed E-state index contributed by atoms with van der Waals surface area (Å²) in [6.45, 7) is 4.16. The number of unbranched alkanes of at least 4 members (excludes halogenated alkanes) is 27. The molecule has 0 rings (SSSR count). The Kier molecular flexibility index (Phi) is 34.2. The first-order valence-electron chi connectivity index (χ1n) is 19.5. The fourth-order valence-electron chi connectivity index (χ4n) is 6.01. The van der Waals surface area contributed by atoms with Gasteiger partial charge in [0.2, 0.25) is 5.91 Å². The molecule has 44 heavy (non-hydrogen) atoms. The zero-order chi connectivity index (χ0) is 32.4. The van der Waals surface area contributed by atoms with E-state index in [9.17, 15) is 20.1 Å². The molecule has 0 aromatic heterocycles. The van der Waals surface area contributed by atoms with Crippen LogP contribution in [0.3, 0.4) is 0 Å². The molecule has 5 nitrogen and oxygen atoms in total. The van der Waals surface area contributed by atoms with E-state index < -0.39 is 24.2 Å². The summed E-state index contributed by atoms with van der Waals surface area (Å²) in [4.78, 5) is 12.4. The molecule has 0 saturated carbocycles. The topological polar surface area (TPSA) is 89.8 Å². The van der Waals surface area contributed by atoms with Gasteiger partial charge in [0.1, 0.15) is 6.10 Å². The molecule has 0 aliphatic rings. The highest BCUT2D eigenvalue weighted by Gasteiger charge is 2.22. The third-order valence-electron chi connectivity index (χ3n) is 9.13. The smallest absolute Gasteiger partial charge is 0.249 e. The van der Waals surface area contributed by atoms with Crippen molar-refractivity contribution in [1.29, 1.82) is 0 Å². The third-order valence-corrected chi connectivity index (χ3v) is 9.13. The number of carbonyl (C=O) groups is 1. The molecule has 0 aromatic rings. The predicted molar refractivity (Wildman–Crippen MR) is 190 cm³/mol. The Hall–Kier alpha value is -0.910. The van der Waals surface area contributed by atoms with E-state index in [0.717, 1.165) is 32.1 Å². The van der Waals surface area contributed by atoms with Crippen LogP contribution < -0.4 is 5.32 Å². The van der Waals surface area contributed by atoms with Crippen molar-refractivity contribution < 1.29 is 20.1 Å². The lowest BCUT2D eigenvalue weighted by Crippen LogP contribution is -2.48. The number of hydrogen-bond donors (Lipinski definition) is 4. The van der Waals surface area contributed by atoms with Crippen LogP contribution in [0.25, 0.3) is 0 Å². The molecule has 0 heterocycles. The summed E-state index contributed by atoms with van der Waals surface area (Å²) in [6, 6.07) is -0.790. The van der Waals surface area contributed by atoms with Crippen LogP contribution in [0.15, 0.2) is 12.2 Å². The highest BCUT2D eigenvalue weighted by atomic mass is 16.3. The van der Waals surface area contributed by atoms with Gasteiger partial charge in [-0.15, -0.1) is 0 Å². The largest absolute Gasteiger partial charge is 0.394 e. The first-order chi connectivity index (χ1) is 21.6. The number of aliphatic hydroxyl groups excluding tert-OH is 3. The number of hydrogen-bond acceptors (Lipinski definition) is 4. The van der Waals surface area contributed by atoms with E-state index in [-0.39, 0.29) is 6.61 Å². The van der Waals surface area contributed by atoms with Gasteiger partial charge in [0.15, 0.2) is 0 Å². The maximum Gasteiger partial charge on any atom is 0.249 e. The fourth-order valence-corrected chi connectivity index (χ4v) is 6.01.